The van der Waals surface area contributed by atoms with Crippen molar-refractivity contribution in [1.29, 1.82) is 0 Å². The molecule has 2 aliphatic rings. The van der Waals surface area contributed by atoms with Crippen molar-refractivity contribution >= 4 is 5.96 Å². The molecule has 2 fully saturated rings. The molecule has 0 spiro atoms. The van der Waals surface area contributed by atoms with Crippen molar-refractivity contribution in [3.8, 4) is 5.88 Å². The van der Waals surface area contributed by atoms with E-state index in [1.165, 1.54) is 32.1 Å². The molecule has 6 nitrogen and oxygen atoms in total. The number of methoxy groups -OCH3 is 1. The summed E-state index contributed by atoms with van der Waals surface area (Å²) in [5.41, 5.74) is 1.52. The highest BCUT2D eigenvalue weighted by Crippen LogP contribution is 2.43. The Hall–Kier alpha value is -1.82. The van der Waals surface area contributed by atoms with Crippen LogP contribution in [0.2, 0.25) is 0 Å². The molecule has 0 unspecified atom stereocenters. The van der Waals surface area contributed by atoms with Gasteiger partial charge in [0, 0.05) is 46.1 Å². The minimum absolute atomic E-state index is 0.334. The van der Waals surface area contributed by atoms with E-state index in [-0.39, 0.29) is 0 Å². The Bertz CT molecular complexity index is 610. The Balaban J connectivity index is 1.46. The van der Waals surface area contributed by atoms with Gasteiger partial charge in [-0.25, -0.2) is 4.98 Å². The van der Waals surface area contributed by atoms with E-state index in [2.05, 4.69) is 20.6 Å². The third kappa shape index (κ3) is 5.83. The second-order valence-electron chi connectivity index (χ2n) is 7.90. The summed E-state index contributed by atoms with van der Waals surface area (Å²) in [6.45, 7) is 2.48. The van der Waals surface area contributed by atoms with Crippen molar-refractivity contribution < 1.29 is 9.47 Å². The number of ether oxygens (including phenoxy) is 2. The monoisotopic (exact) mass is 374 g/mol. The van der Waals surface area contributed by atoms with Crippen LogP contribution in [0.4, 0.5) is 0 Å². The van der Waals surface area contributed by atoms with Gasteiger partial charge in [0.15, 0.2) is 5.96 Å². The fourth-order valence-corrected chi connectivity index (χ4v) is 3.99. The van der Waals surface area contributed by atoms with Crippen LogP contribution in [-0.2, 0) is 11.3 Å². The standard InChI is InChI=1S/C21H34N4O2/c1-22-20(25-16-21(9-5-10-21)11-13-26-2)24-15-17-8-12-23-19(14-17)27-18-6-3-4-7-18/h8,12,14,18H,3-7,9-11,13,15-16H2,1-2H3,(H2,22,24,25). The molecule has 27 heavy (non-hydrogen) atoms. The van der Waals surface area contributed by atoms with Crippen LogP contribution in [0.15, 0.2) is 23.3 Å². The molecule has 3 rings (SSSR count). The van der Waals surface area contributed by atoms with Gasteiger partial charge in [0.1, 0.15) is 6.10 Å². The Morgan fingerprint density at radius 2 is 2.07 bits per heavy atom. The minimum Gasteiger partial charge on any atom is -0.474 e. The lowest BCUT2D eigenvalue weighted by molar-refractivity contribution is 0.0732. The fourth-order valence-electron chi connectivity index (χ4n) is 3.99. The van der Waals surface area contributed by atoms with Gasteiger partial charge in [-0.15, -0.1) is 0 Å². The third-order valence-corrected chi connectivity index (χ3v) is 5.95. The van der Waals surface area contributed by atoms with Crippen molar-refractivity contribution in [1.82, 2.24) is 15.6 Å². The molecule has 2 aliphatic carbocycles. The molecule has 1 aromatic heterocycles. The summed E-state index contributed by atoms with van der Waals surface area (Å²) < 4.78 is 11.3. The zero-order chi connectivity index (χ0) is 19.0. The highest BCUT2D eigenvalue weighted by atomic mass is 16.5. The first-order chi connectivity index (χ1) is 13.2. The molecule has 1 heterocycles. The predicted molar refractivity (Wildman–Crippen MR) is 108 cm³/mol. The number of pyridine rings is 1. The predicted octanol–water partition coefficient (Wildman–Crippen LogP) is 3.27. The lowest BCUT2D eigenvalue weighted by Gasteiger charge is -2.42. The highest BCUT2D eigenvalue weighted by molar-refractivity contribution is 5.79. The first kappa shape index (κ1) is 19.9. The number of rotatable bonds is 9. The maximum Gasteiger partial charge on any atom is 0.213 e. The summed E-state index contributed by atoms with van der Waals surface area (Å²) in [6, 6.07) is 4.05. The van der Waals surface area contributed by atoms with Crippen molar-refractivity contribution in [2.45, 2.75) is 64.0 Å². The summed E-state index contributed by atoms with van der Waals surface area (Å²) in [5.74, 6) is 1.57. The summed E-state index contributed by atoms with van der Waals surface area (Å²) in [7, 11) is 3.60. The van der Waals surface area contributed by atoms with E-state index in [0.29, 0.717) is 18.1 Å². The van der Waals surface area contributed by atoms with E-state index < -0.39 is 0 Å². The second-order valence-corrected chi connectivity index (χ2v) is 7.90. The van der Waals surface area contributed by atoms with Crippen LogP contribution in [0.25, 0.3) is 0 Å². The molecule has 0 atom stereocenters. The largest absolute Gasteiger partial charge is 0.474 e. The zero-order valence-corrected chi connectivity index (χ0v) is 16.8. The number of guanidine groups is 1. The van der Waals surface area contributed by atoms with Crippen molar-refractivity contribution in [2.24, 2.45) is 10.4 Å². The Kier molecular flexibility index (Phi) is 7.33. The number of nitrogens with one attached hydrogen (secondary N) is 2. The lowest BCUT2D eigenvalue weighted by atomic mass is 9.67. The van der Waals surface area contributed by atoms with Crippen molar-refractivity contribution in [3.05, 3.63) is 23.9 Å². The molecule has 6 heteroatoms. The average molecular weight is 375 g/mol. The van der Waals surface area contributed by atoms with Gasteiger partial charge in [-0.1, -0.05) is 6.42 Å². The molecule has 2 N–H and O–H groups in total. The van der Waals surface area contributed by atoms with Crippen LogP contribution < -0.4 is 15.4 Å². The zero-order valence-electron chi connectivity index (χ0n) is 16.8. The van der Waals surface area contributed by atoms with E-state index in [1.807, 2.05) is 25.4 Å². The summed E-state index contributed by atoms with van der Waals surface area (Å²) in [6.07, 6.45) is 11.9. The molecule has 0 radical (unpaired) electrons. The van der Waals surface area contributed by atoms with E-state index in [4.69, 9.17) is 9.47 Å². The van der Waals surface area contributed by atoms with Gasteiger partial charge in [-0.2, -0.15) is 0 Å². The smallest absolute Gasteiger partial charge is 0.213 e. The van der Waals surface area contributed by atoms with Crippen LogP contribution in [0.5, 0.6) is 5.88 Å². The number of hydrogen-bond acceptors (Lipinski definition) is 4. The van der Waals surface area contributed by atoms with Gasteiger partial charge in [0.2, 0.25) is 5.88 Å². The van der Waals surface area contributed by atoms with Gasteiger partial charge >= 0.3 is 0 Å². The lowest BCUT2D eigenvalue weighted by Crippen LogP contribution is -2.46. The van der Waals surface area contributed by atoms with Crippen molar-refractivity contribution in [2.75, 3.05) is 27.3 Å². The maximum absolute atomic E-state index is 6.00. The maximum atomic E-state index is 6.00. The molecule has 0 aromatic carbocycles. The molecule has 2 saturated carbocycles. The SMILES string of the molecule is CN=C(NCc1ccnc(OC2CCCC2)c1)NCC1(CCOC)CCC1. The van der Waals surface area contributed by atoms with E-state index >= 15 is 0 Å². The highest BCUT2D eigenvalue weighted by Gasteiger charge is 2.36. The first-order valence-corrected chi connectivity index (χ1v) is 10.3. The van der Waals surface area contributed by atoms with Gasteiger partial charge in [-0.3, -0.25) is 4.99 Å². The van der Waals surface area contributed by atoms with Gasteiger partial charge in [0.25, 0.3) is 0 Å². The second kappa shape index (κ2) is 9.93. The van der Waals surface area contributed by atoms with Crippen molar-refractivity contribution in [3.63, 3.8) is 0 Å². The quantitative estimate of drug-likeness (QED) is 0.513. The number of nitrogens with zero attached hydrogens (tertiary/aromatic N) is 2. The van der Waals surface area contributed by atoms with Gasteiger partial charge < -0.3 is 20.1 Å². The molecule has 0 saturated heterocycles. The number of aliphatic imine (C=N–C) groups is 1. The van der Waals surface area contributed by atoms with Crippen LogP contribution in [0.3, 0.4) is 0 Å². The summed E-state index contributed by atoms with van der Waals surface area (Å²) in [4.78, 5) is 8.73. The van der Waals surface area contributed by atoms with Crippen LogP contribution in [-0.4, -0.2) is 44.4 Å². The Labute approximate surface area is 163 Å². The molecule has 1 aromatic rings. The Morgan fingerprint density at radius 1 is 1.26 bits per heavy atom. The molecule has 0 amide bonds. The van der Waals surface area contributed by atoms with Gasteiger partial charge in [0.05, 0.1) is 0 Å². The first-order valence-electron chi connectivity index (χ1n) is 10.3. The van der Waals surface area contributed by atoms with E-state index in [9.17, 15) is 0 Å². The molecule has 150 valence electrons. The van der Waals surface area contributed by atoms with E-state index in [0.717, 1.165) is 49.8 Å². The van der Waals surface area contributed by atoms with Gasteiger partial charge in [-0.05, 0) is 62.0 Å². The molecular formula is C21H34N4O2. The molecule has 0 aliphatic heterocycles. The summed E-state index contributed by atoms with van der Waals surface area (Å²) >= 11 is 0. The topological polar surface area (TPSA) is 67.8 Å². The fraction of sp³-hybridized carbons (Fsp3) is 0.714. The summed E-state index contributed by atoms with van der Waals surface area (Å²) in [5, 5.41) is 6.91. The van der Waals surface area contributed by atoms with Crippen LogP contribution >= 0.6 is 0 Å². The van der Waals surface area contributed by atoms with Crippen LogP contribution in [0, 0.1) is 5.41 Å². The molecular weight excluding hydrogens is 340 g/mol. The number of aromatic nitrogens is 1. The normalized spacial score (nSPS) is 19.6. The average Bonchev–Trinajstić information content (AvgIpc) is 3.16. The third-order valence-electron chi connectivity index (χ3n) is 5.95. The minimum atomic E-state index is 0.334. The van der Waals surface area contributed by atoms with Crippen LogP contribution in [0.1, 0.15) is 56.9 Å². The van der Waals surface area contributed by atoms with E-state index in [1.54, 1.807) is 7.11 Å². The number of hydrogen-bond donors (Lipinski definition) is 2. The Morgan fingerprint density at radius 3 is 2.74 bits per heavy atom. The molecule has 0 bridgehead atoms.